The zero-order valence-corrected chi connectivity index (χ0v) is 19.2. The molecule has 0 radical (unpaired) electrons. The van der Waals surface area contributed by atoms with Crippen molar-refractivity contribution in [3.8, 4) is 0 Å². The molecule has 0 unspecified atom stereocenters. The summed E-state index contributed by atoms with van der Waals surface area (Å²) in [4.78, 5) is 24.5. The Kier molecular flexibility index (Phi) is 8.76. The largest absolute Gasteiger partial charge is 0.452 e. The van der Waals surface area contributed by atoms with Crippen LogP contribution in [0.1, 0.15) is 56.0 Å². The lowest BCUT2D eigenvalue weighted by Crippen LogP contribution is -2.30. The van der Waals surface area contributed by atoms with Gasteiger partial charge in [-0.3, -0.25) is 4.79 Å². The monoisotopic (exact) mass is 446 g/mol. The molecular weight excluding hydrogens is 416 g/mol. The standard InChI is InChI=1S/C23H30N2O5S/c1-5-17(4)18-11-13-20(14-12-18)24-22(26)16-30-23(27)19-9-8-10-21(15-19)31(28,29)25(6-2)7-3/h8-15,17H,5-7,16H2,1-4H3,(H,24,26)/t17-/m0/s1. The number of esters is 1. The van der Waals surface area contributed by atoms with Crippen LogP contribution in [-0.4, -0.2) is 44.3 Å². The van der Waals surface area contributed by atoms with Crippen LogP contribution in [0.4, 0.5) is 5.69 Å². The first-order chi connectivity index (χ1) is 14.7. The Labute approximate surface area is 184 Å². The summed E-state index contributed by atoms with van der Waals surface area (Å²) in [5, 5.41) is 2.68. The van der Waals surface area contributed by atoms with E-state index in [1.165, 1.54) is 34.1 Å². The number of rotatable bonds is 10. The third kappa shape index (κ3) is 6.38. The van der Waals surface area contributed by atoms with Crippen molar-refractivity contribution in [1.82, 2.24) is 4.31 Å². The smallest absolute Gasteiger partial charge is 0.338 e. The fraction of sp³-hybridized carbons (Fsp3) is 0.391. The van der Waals surface area contributed by atoms with E-state index in [1.54, 1.807) is 13.8 Å². The predicted molar refractivity (Wildman–Crippen MR) is 121 cm³/mol. The number of hydrogen-bond acceptors (Lipinski definition) is 5. The van der Waals surface area contributed by atoms with Gasteiger partial charge in [0, 0.05) is 18.8 Å². The molecular formula is C23H30N2O5S. The molecule has 0 heterocycles. The molecule has 7 nitrogen and oxygen atoms in total. The molecule has 2 aromatic carbocycles. The van der Waals surface area contributed by atoms with E-state index in [0.717, 1.165) is 6.42 Å². The highest BCUT2D eigenvalue weighted by atomic mass is 32.2. The lowest BCUT2D eigenvalue weighted by Gasteiger charge is -2.18. The van der Waals surface area contributed by atoms with Crippen LogP contribution in [0.5, 0.6) is 0 Å². The molecule has 31 heavy (non-hydrogen) atoms. The molecule has 0 aromatic heterocycles. The molecule has 2 aromatic rings. The second kappa shape index (κ2) is 11.1. The molecule has 168 valence electrons. The van der Waals surface area contributed by atoms with Crippen molar-refractivity contribution >= 4 is 27.6 Å². The molecule has 8 heteroatoms. The number of anilines is 1. The van der Waals surface area contributed by atoms with E-state index >= 15 is 0 Å². The minimum Gasteiger partial charge on any atom is -0.452 e. The van der Waals surface area contributed by atoms with Crippen LogP contribution in [-0.2, 0) is 19.6 Å². The van der Waals surface area contributed by atoms with Crippen LogP contribution in [0.15, 0.2) is 53.4 Å². The summed E-state index contributed by atoms with van der Waals surface area (Å²) >= 11 is 0. The second-order valence-electron chi connectivity index (χ2n) is 7.17. The summed E-state index contributed by atoms with van der Waals surface area (Å²) in [7, 11) is -3.69. The number of nitrogens with zero attached hydrogens (tertiary/aromatic N) is 1. The first-order valence-electron chi connectivity index (χ1n) is 10.4. The average Bonchev–Trinajstić information content (AvgIpc) is 2.78. The molecule has 2 rings (SSSR count). The summed E-state index contributed by atoms with van der Waals surface area (Å²) < 4.78 is 31.6. The highest BCUT2D eigenvalue weighted by Crippen LogP contribution is 2.20. The number of hydrogen-bond donors (Lipinski definition) is 1. The Hall–Kier alpha value is -2.71. The zero-order chi connectivity index (χ0) is 23.0. The van der Waals surface area contributed by atoms with Crippen molar-refractivity contribution in [3.05, 3.63) is 59.7 Å². The van der Waals surface area contributed by atoms with Gasteiger partial charge in [-0.2, -0.15) is 4.31 Å². The fourth-order valence-electron chi connectivity index (χ4n) is 3.04. The van der Waals surface area contributed by atoms with Gasteiger partial charge in [0.15, 0.2) is 6.61 Å². The van der Waals surface area contributed by atoms with E-state index in [1.807, 2.05) is 24.3 Å². The first-order valence-corrected chi connectivity index (χ1v) is 11.8. The molecule has 1 N–H and O–H groups in total. The van der Waals surface area contributed by atoms with Gasteiger partial charge in [-0.05, 0) is 48.2 Å². The van der Waals surface area contributed by atoms with Crippen LogP contribution in [0.3, 0.4) is 0 Å². The van der Waals surface area contributed by atoms with Crippen LogP contribution in [0, 0.1) is 0 Å². The van der Waals surface area contributed by atoms with Crippen LogP contribution < -0.4 is 5.32 Å². The van der Waals surface area contributed by atoms with E-state index in [-0.39, 0.29) is 10.5 Å². The maximum atomic E-state index is 12.6. The summed E-state index contributed by atoms with van der Waals surface area (Å²) in [6.07, 6.45) is 1.03. The van der Waals surface area contributed by atoms with Crippen LogP contribution in [0.2, 0.25) is 0 Å². The summed E-state index contributed by atoms with van der Waals surface area (Å²) in [6.45, 7) is 7.92. The highest BCUT2D eigenvalue weighted by molar-refractivity contribution is 7.89. The Morgan fingerprint density at radius 2 is 1.68 bits per heavy atom. The van der Waals surface area contributed by atoms with Gasteiger partial charge in [-0.15, -0.1) is 0 Å². The van der Waals surface area contributed by atoms with E-state index in [0.29, 0.717) is 24.7 Å². The summed E-state index contributed by atoms with van der Waals surface area (Å²) in [6, 6.07) is 13.2. The Balaban J connectivity index is 1.99. The second-order valence-corrected chi connectivity index (χ2v) is 9.11. The predicted octanol–water partition coefficient (Wildman–Crippen LogP) is 4.03. The van der Waals surface area contributed by atoms with Gasteiger partial charge in [0.05, 0.1) is 10.5 Å². The van der Waals surface area contributed by atoms with Crippen molar-refractivity contribution in [2.24, 2.45) is 0 Å². The maximum absolute atomic E-state index is 12.6. The van der Waals surface area contributed by atoms with Gasteiger partial charge in [-0.25, -0.2) is 13.2 Å². The van der Waals surface area contributed by atoms with Gasteiger partial charge in [0.2, 0.25) is 10.0 Å². The molecule has 0 saturated carbocycles. The third-order valence-corrected chi connectivity index (χ3v) is 7.17. The maximum Gasteiger partial charge on any atom is 0.338 e. The van der Waals surface area contributed by atoms with Gasteiger partial charge >= 0.3 is 5.97 Å². The zero-order valence-electron chi connectivity index (χ0n) is 18.4. The Morgan fingerprint density at radius 3 is 2.26 bits per heavy atom. The van der Waals surface area contributed by atoms with Crippen molar-refractivity contribution in [2.45, 2.75) is 44.9 Å². The quantitative estimate of drug-likeness (QED) is 0.556. The highest BCUT2D eigenvalue weighted by Gasteiger charge is 2.23. The van der Waals surface area contributed by atoms with E-state index in [9.17, 15) is 18.0 Å². The molecule has 0 aliphatic carbocycles. The van der Waals surface area contributed by atoms with E-state index in [2.05, 4.69) is 19.2 Å². The van der Waals surface area contributed by atoms with Crippen LogP contribution >= 0.6 is 0 Å². The first kappa shape index (κ1) is 24.6. The Bertz CT molecular complexity index is 999. The van der Waals surface area contributed by atoms with E-state index in [4.69, 9.17) is 4.74 Å². The number of amides is 1. The van der Waals surface area contributed by atoms with Crippen molar-refractivity contribution < 1.29 is 22.7 Å². The Morgan fingerprint density at radius 1 is 1.03 bits per heavy atom. The third-order valence-electron chi connectivity index (χ3n) is 5.12. The van der Waals surface area contributed by atoms with Gasteiger partial charge in [-0.1, -0.05) is 45.9 Å². The number of benzene rings is 2. The van der Waals surface area contributed by atoms with Crippen LogP contribution in [0.25, 0.3) is 0 Å². The molecule has 0 aliphatic heterocycles. The minimum atomic E-state index is -3.69. The normalized spacial score (nSPS) is 12.4. The molecule has 1 amide bonds. The molecule has 0 aliphatic rings. The number of carbonyl (C=O) groups excluding carboxylic acids is 2. The number of ether oxygens (including phenoxy) is 1. The summed E-state index contributed by atoms with van der Waals surface area (Å²) in [5.74, 6) is -0.803. The average molecular weight is 447 g/mol. The topological polar surface area (TPSA) is 92.8 Å². The summed E-state index contributed by atoms with van der Waals surface area (Å²) in [5.41, 5.74) is 1.87. The van der Waals surface area contributed by atoms with Crippen molar-refractivity contribution in [2.75, 3.05) is 25.0 Å². The van der Waals surface area contributed by atoms with E-state index < -0.39 is 28.5 Å². The molecule has 0 bridgehead atoms. The van der Waals surface area contributed by atoms with Crippen molar-refractivity contribution in [1.29, 1.82) is 0 Å². The fourth-order valence-corrected chi connectivity index (χ4v) is 4.54. The lowest BCUT2D eigenvalue weighted by atomic mass is 9.99. The SMILES string of the molecule is CC[C@H](C)c1ccc(NC(=O)COC(=O)c2cccc(S(=O)(=O)N(CC)CC)c2)cc1. The lowest BCUT2D eigenvalue weighted by molar-refractivity contribution is -0.119. The molecule has 1 atom stereocenters. The molecule has 0 saturated heterocycles. The molecule has 0 fully saturated rings. The number of carbonyl (C=O) groups is 2. The van der Waals surface area contributed by atoms with Gasteiger partial charge < -0.3 is 10.1 Å². The number of nitrogens with one attached hydrogen (secondary N) is 1. The van der Waals surface area contributed by atoms with Gasteiger partial charge in [0.25, 0.3) is 5.91 Å². The molecule has 0 spiro atoms. The number of sulfonamides is 1. The minimum absolute atomic E-state index is 0.0106. The van der Waals surface area contributed by atoms with Gasteiger partial charge in [0.1, 0.15) is 0 Å². The van der Waals surface area contributed by atoms with Crippen molar-refractivity contribution in [3.63, 3.8) is 0 Å².